The molecule has 0 saturated carbocycles. The van der Waals surface area contributed by atoms with Gasteiger partial charge in [-0.1, -0.05) is 26.0 Å². The third kappa shape index (κ3) is 6.25. The van der Waals surface area contributed by atoms with Gasteiger partial charge in [-0.25, -0.2) is 0 Å². The Labute approximate surface area is 125 Å². The van der Waals surface area contributed by atoms with Crippen LogP contribution in [0.4, 0.5) is 5.69 Å². The molecule has 0 amide bonds. The molecule has 0 aliphatic rings. The molecule has 6 heteroatoms. The minimum Gasteiger partial charge on any atom is -0.546 e. The van der Waals surface area contributed by atoms with E-state index in [1.807, 2.05) is 7.05 Å². The van der Waals surface area contributed by atoms with Gasteiger partial charge < -0.3 is 14.6 Å². The van der Waals surface area contributed by atoms with Gasteiger partial charge in [-0.2, -0.15) is 0 Å². The molecule has 1 unspecified atom stereocenters. The molecule has 1 aromatic carbocycles. The molecule has 21 heavy (non-hydrogen) atoms. The van der Waals surface area contributed by atoms with Crippen LogP contribution in [-0.4, -0.2) is 30.7 Å². The van der Waals surface area contributed by atoms with Gasteiger partial charge in [-0.15, -0.1) is 5.11 Å². The van der Waals surface area contributed by atoms with Crippen LogP contribution in [0.1, 0.15) is 27.2 Å². The number of carbonyl (C=O) groups excluding carboxylic acids is 1. The predicted octanol–water partition coefficient (Wildman–Crippen LogP) is 2.18. The van der Waals surface area contributed by atoms with E-state index >= 15 is 0 Å². The first-order chi connectivity index (χ1) is 9.92. The molecule has 0 spiro atoms. The van der Waals surface area contributed by atoms with Crippen LogP contribution < -0.4 is 9.84 Å². The van der Waals surface area contributed by atoms with Crippen LogP contribution >= 0.6 is 0 Å². The first-order valence-corrected chi connectivity index (χ1v) is 7.02. The van der Waals surface area contributed by atoms with Crippen LogP contribution in [0, 0.1) is 5.92 Å². The van der Waals surface area contributed by atoms with Gasteiger partial charge in [0.05, 0.1) is 11.7 Å². The van der Waals surface area contributed by atoms with E-state index in [1.54, 1.807) is 36.2 Å². The predicted molar refractivity (Wildman–Crippen MR) is 78.1 cm³/mol. The summed E-state index contributed by atoms with van der Waals surface area (Å²) in [6.45, 7) is 6.78. The molecule has 1 atom stereocenters. The molecule has 0 saturated heterocycles. The maximum atomic E-state index is 10.8. The summed E-state index contributed by atoms with van der Waals surface area (Å²) >= 11 is 0. The van der Waals surface area contributed by atoms with Crippen molar-refractivity contribution in [2.24, 2.45) is 16.3 Å². The fourth-order valence-electron chi connectivity index (χ4n) is 1.75. The van der Waals surface area contributed by atoms with Gasteiger partial charge in [0.15, 0.2) is 0 Å². The monoisotopic (exact) mass is 292 g/mol. The Balaban J connectivity index is 2.61. The number of benzene rings is 1. The summed E-state index contributed by atoms with van der Waals surface area (Å²) in [5, 5.41) is 20.8. The summed E-state index contributed by atoms with van der Waals surface area (Å²) in [5.41, 5.74) is 0.680. The van der Waals surface area contributed by atoms with Crippen molar-refractivity contribution in [2.45, 2.75) is 33.3 Å². The average molecular weight is 292 g/mol. The molecule has 116 valence electrons. The second-order valence-corrected chi connectivity index (χ2v) is 5.25. The van der Waals surface area contributed by atoms with Crippen molar-refractivity contribution < 1.29 is 14.6 Å². The van der Waals surface area contributed by atoms with Gasteiger partial charge in [0.25, 0.3) is 0 Å². The van der Waals surface area contributed by atoms with Crippen LogP contribution in [0.25, 0.3) is 0 Å². The number of carbonyl (C=O) groups is 1. The highest BCUT2D eigenvalue weighted by molar-refractivity contribution is 5.70. The SMILES string of the molecule is CCC(Oc1ccc(N=NN(C)CC(C)C)cc1)C(=O)[O-]. The molecular weight excluding hydrogens is 270 g/mol. The quantitative estimate of drug-likeness (QED) is 0.543. The normalized spacial score (nSPS) is 12.6. The van der Waals surface area contributed by atoms with Crippen LogP contribution in [0.3, 0.4) is 0 Å². The molecule has 6 nitrogen and oxygen atoms in total. The van der Waals surface area contributed by atoms with Crippen LogP contribution in [0.5, 0.6) is 5.75 Å². The number of hydrogen-bond donors (Lipinski definition) is 0. The van der Waals surface area contributed by atoms with Crippen molar-refractivity contribution in [1.82, 2.24) is 5.01 Å². The zero-order chi connectivity index (χ0) is 15.8. The van der Waals surface area contributed by atoms with Gasteiger partial charge in [0.2, 0.25) is 0 Å². The molecular formula is C15H22N3O3-. The van der Waals surface area contributed by atoms with Crippen LogP contribution in [0.15, 0.2) is 34.6 Å². The Kier molecular flexibility index (Phi) is 6.65. The van der Waals surface area contributed by atoms with Crippen LogP contribution in [-0.2, 0) is 4.79 Å². The molecule has 1 rings (SSSR count). The first-order valence-electron chi connectivity index (χ1n) is 7.02. The maximum absolute atomic E-state index is 10.8. The largest absolute Gasteiger partial charge is 0.546 e. The molecule has 1 aromatic rings. The number of ether oxygens (including phenoxy) is 1. The van der Waals surface area contributed by atoms with Crippen molar-refractivity contribution in [3.05, 3.63) is 24.3 Å². The summed E-state index contributed by atoms with van der Waals surface area (Å²) in [5.74, 6) is -0.225. The summed E-state index contributed by atoms with van der Waals surface area (Å²) < 4.78 is 5.31. The third-order valence-electron chi connectivity index (χ3n) is 2.69. The first kappa shape index (κ1) is 16.9. The Morgan fingerprint density at radius 2 is 1.95 bits per heavy atom. The van der Waals surface area contributed by atoms with E-state index < -0.39 is 12.1 Å². The standard InChI is InChI=1S/C15H23N3O3/c1-5-14(15(19)20)21-13-8-6-12(7-9-13)16-17-18(4)10-11(2)3/h6-9,11,14H,5,10H2,1-4H3,(H,19,20)/p-1. The zero-order valence-electron chi connectivity index (χ0n) is 12.9. The van der Waals surface area contributed by atoms with E-state index in [1.165, 1.54) is 0 Å². The van der Waals surface area contributed by atoms with Gasteiger partial charge in [-0.3, -0.25) is 5.01 Å². The molecule has 0 aromatic heterocycles. The molecule has 0 aliphatic heterocycles. The lowest BCUT2D eigenvalue weighted by atomic mass is 10.2. The summed E-state index contributed by atoms with van der Waals surface area (Å²) in [6.07, 6.45) is -0.585. The van der Waals surface area contributed by atoms with E-state index in [4.69, 9.17) is 4.74 Å². The van der Waals surface area contributed by atoms with Crippen molar-refractivity contribution >= 4 is 11.7 Å². The fraction of sp³-hybridized carbons (Fsp3) is 0.533. The minimum absolute atomic E-state index is 0.351. The molecule has 0 N–H and O–H groups in total. The number of rotatable bonds is 8. The second kappa shape index (κ2) is 8.24. The van der Waals surface area contributed by atoms with E-state index in [-0.39, 0.29) is 0 Å². The van der Waals surface area contributed by atoms with Crippen molar-refractivity contribution in [3.63, 3.8) is 0 Å². The van der Waals surface area contributed by atoms with Crippen molar-refractivity contribution in [2.75, 3.05) is 13.6 Å². The summed E-state index contributed by atoms with van der Waals surface area (Å²) in [6, 6.07) is 6.79. The summed E-state index contributed by atoms with van der Waals surface area (Å²) in [4.78, 5) is 10.8. The number of hydrogen-bond acceptors (Lipinski definition) is 5. The van der Waals surface area contributed by atoms with Crippen LogP contribution in [0.2, 0.25) is 0 Å². The molecule has 0 aliphatic carbocycles. The van der Waals surface area contributed by atoms with E-state index in [0.29, 0.717) is 23.8 Å². The Bertz CT molecular complexity index is 472. The summed E-state index contributed by atoms with van der Waals surface area (Å²) in [7, 11) is 1.87. The zero-order valence-corrected chi connectivity index (χ0v) is 12.9. The Morgan fingerprint density at radius 3 is 2.43 bits per heavy atom. The lowest BCUT2D eigenvalue weighted by Gasteiger charge is -2.18. The maximum Gasteiger partial charge on any atom is 0.138 e. The number of carboxylic acids is 1. The molecule has 0 bridgehead atoms. The highest BCUT2D eigenvalue weighted by Gasteiger charge is 2.08. The Morgan fingerprint density at radius 1 is 1.33 bits per heavy atom. The second-order valence-electron chi connectivity index (χ2n) is 5.25. The number of nitrogens with zero attached hydrogens (tertiary/aromatic N) is 3. The van der Waals surface area contributed by atoms with Gasteiger partial charge >= 0.3 is 0 Å². The van der Waals surface area contributed by atoms with E-state index in [9.17, 15) is 9.90 Å². The van der Waals surface area contributed by atoms with Gasteiger partial charge in [0, 0.05) is 13.6 Å². The minimum atomic E-state index is -1.21. The molecule has 0 heterocycles. The lowest BCUT2D eigenvalue weighted by molar-refractivity contribution is -0.313. The van der Waals surface area contributed by atoms with Crippen molar-refractivity contribution in [1.29, 1.82) is 0 Å². The highest BCUT2D eigenvalue weighted by atomic mass is 16.5. The number of aliphatic carboxylic acids is 1. The fourth-order valence-corrected chi connectivity index (χ4v) is 1.75. The van der Waals surface area contributed by atoms with Gasteiger partial charge in [0.1, 0.15) is 11.9 Å². The highest BCUT2D eigenvalue weighted by Crippen LogP contribution is 2.20. The van der Waals surface area contributed by atoms with E-state index in [0.717, 1.165) is 6.54 Å². The van der Waals surface area contributed by atoms with Crippen molar-refractivity contribution in [3.8, 4) is 5.75 Å². The smallest absolute Gasteiger partial charge is 0.138 e. The van der Waals surface area contributed by atoms with Gasteiger partial charge in [-0.05, 0) is 36.6 Å². The van der Waals surface area contributed by atoms with E-state index in [2.05, 4.69) is 24.2 Å². The topological polar surface area (TPSA) is 77.3 Å². The Hall–Kier alpha value is -2.11. The molecule has 0 radical (unpaired) electrons. The average Bonchev–Trinajstić information content (AvgIpc) is 2.42. The molecule has 0 fully saturated rings. The third-order valence-corrected chi connectivity index (χ3v) is 2.69. The lowest BCUT2D eigenvalue weighted by Crippen LogP contribution is -2.39. The number of carboxylic acid groups (broad SMARTS) is 1.